The van der Waals surface area contributed by atoms with E-state index in [1.807, 2.05) is 79.1 Å². The fourth-order valence-corrected chi connectivity index (χ4v) is 4.48. The maximum absolute atomic E-state index is 13.9. The maximum Gasteiger partial charge on any atom is 0.325 e. The van der Waals surface area contributed by atoms with Gasteiger partial charge in [0.15, 0.2) is 0 Å². The van der Waals surface area contributed by atoms with Crippen molar-refractivity contribution >= 4 is 17.6 Å². The number of para-hydroxylation sites is 1. The zero-order valence-electron chi connectivity index (χ0n) is 20.6. The molecule has 0 aliphatic heterocycles. The van der Waals surface area contributed by atoms with E-state index in [-0.39, 0.29) is 30.8 Å². The Hall–Kier alpha value is -4.19. The molecule has 1 aromatic heterocycles. The standard InChI is InChI=1S/C30H29FN2O3/c1-4-36-25(34)19-33-28(20(2)3)27(30(35)32-24-13-9-6-10-14-24)26(21-11-7-5-8-12-21)29(33)22-15-17-23(31)18-16-22/h5-18,20H,4,19H2,1-3H3,(H,32,35). The number of rotatable bonds is 8. The topological polar surface area (TPSA) is 60.3 Å². The second kappa shape index (κ2) is 11.0. The summed E-state index contributed by atoms with van der Waals surface area (Å²) in [6.45, 7) is 5.90. The molecule has 184 valence electrons. The summed E-state index contributed by atoms with van der Waals surface area (Å²) in [7, 11) is 0. The number of hydrogen-bond donors (Lipinski definition) is 1. The molecule has 3 aromatic carbocycles. The molecule has 5 nitrogen and oxygen atoms in total. The molecule has 0 aliphatic rings. The minimum Gasteiger partial charge on any atom is -0.465 e. The molecule has 4 rings (SSSR count). The van der Waals surface area contributed by atoms with Gasteiger partial charge in [0.2, 0.25) is 0 Å². The third-order valence-electron chi connectivity index (χ3n) is 5.88. The Bertz CT molecular complexity index is 1340. The first-order chi connectivity index (χ1) is 17.4. The van der Waals surface area contributed by atoms with Gasteiger partial charge in [0.25, 0.3) is 5.91 Å². The predicted octanol–water partition coefficient (Wildman–Crippen LogP) is 6.90. The fourth-order valence-electron chi connectivity index (χ4n) is 4.48. The summed E-state index contributed by atoms with van der Waals surface area (Å²) in [6.07, 6.45) is 0. The number of anilines is 1. The SMILES string of the molecule is CCOC(=O)Cn1c(-c2ccc(F)cc2)c(-c2ccccc2)c(C(=O)Nc2ccccc2)c1C(C)C. The fraction of sp³-hybridized carbons (Fsp3) is 0.200. The smallest absolute Gasteiger partial charge is 0.325 e. The number of carbonyl (C=O) groups is 2. The molecular formula is C30H29FN2O3. The van der Waals surface area contributed by atoms with Gasteiger partial charge >= 0.3 is 5.97 Å². The number of halogens is 1. The van der Waals surface area contributed by atoms with Gasteiger partial charge in [-0.2, -0.15) is 0 Å². The lowest BCUT2D eigenvalue weighted by molar-refractivity contribution is -0.143. The van der Waals surface area contributed by atoms with Gasteiger partial charge in [-0.25, -0.2) is 4.39 Å². The average Bonchev–Trinajstić information content (AvgIpc) is 3.21. The van der Waals surface area contributed by atoms with Gasteiger partial charge < -0.3 is 14.6 Å². The Morgan fingerprint density at radius 1 is 0.889 bits per heavy atom. The Kier molecular flexibility index (Phi) is 7.64. The van der Waals surface area contributed by atoms with E-state index in [4.69, 9.17) is 4.74 Å². The number of hydrogen-bond acceptors (Lipinski definition) is 3. The van der Waals surface area contributed by atoms with Crippen LogP contribution in [0.1, 0.15) is 42.7 Å². The van der Waals surface area contributed by atoms with Crippen LogP contribution < -0.4 is 5.32 Å². The van der Waals surface area contributed by atoms with Crippen molar-refractivity contribution in [2.75, 3.05) is 11.9 Å². The average molecular weight is 485 g/mol. The lowest BCUT2D eigenvalue weighted by Crippen LogP contribution is -2.19. The summed E-state index contributed by atoms with van der Waals surface area (Å²) in [5.74, 6) is -1.16. The highest BCUT2D eigenvalue weighted by atomic mass is 19.1. The van der Waals surface area contributed by atoms with Crippen molar-refractivity contribution in [3.05, 3.63) is 102 Å². The number of aromatic nitrogens is 1. The molecule has 1 N–H and O–H groups in total. The molecule has 0 fully saturated rings. The van der Waals surface area contributed by atoms with Crippen molar-refractivity contribution in [2.45, 2.75) is 33.2 Å². The molecule has 0 saturated heterocycles. The summed E-state index contributed by atoms with van der Waals surface area (Å²) in [5.41, 5.74) is 4.70. The first kappa shape index (κ1) is 24.9. The van der Waals surface area contributed by atoms with Gasteiger partial charge in [0.1, 0.15) is 12.4 Å². The number of esters is 1. The first-order valence-electron chi connectivity index (χ1n) is 12.0. The van der Waals surface area contributed by atoms with Crippen molar-refractivity contribution in [1.82, 2.24) is 4.57 Å². The number of amides is 1. The van der Waals surface area contributed by atoms with E-state index in [0.717, 1.165) is 5.56 Å². The van der Waals surface area contributed by atoms with Crippen molar-refractivity contribution < 1.29 is 18.7 Å². The quantitative estimate of drug-likeness (QED) is 0.277. The molecule has 0 radical (unpaired) electrons. The van der Waals surface area contributed by atoms with Crippen LogP contribution in [0, 0.1) is 5.82 Å². The van der Waals surface area contributed by atoms with Crippen LogP contribution in [-0.2, 0) is 16.1 Å². The Labute approximate surface area is 210 Å². The van der Waals surface area contributed by atoms with Gasteiger partial charge in [0.05, 0.1) is 17.9 Å². The molecule has 0 spiro atoms. The second-order valence-electron chi connectivity index (χ2n) is 8.72. The van der Waals surface area contributed by atoms with E-state index >= 15 is 0 Å². The molecule has 1 amide bonds. The van der Waals surface area contributed by atoms with Crippen molar-refractivity contribution in [3.63, 3.8) is 0 Å². The Balaban J connectivity index is 2.04. The molecule has 0 aliphatic carbocycles. The van der Waals surface area contributed by atoms with E-state index in [1.165, 1.54) is 12.1 Å². The van der Waals surface area contributed by atoms with Crippen LogP contribution in [0.2, 0.25) is 0 Å². The van der Waals surface area contributed by atoms with Crippen LogP contribution >= 0.6 is 0 Å². The predicted molar refractivity (Wildman–Crippen MR) is 140 cm³/mol. The molecular weight excluding hydrogens is 455 g/mol. The summed E-state index contributed by atoms with van der Waals surface area (Å²) in [6, 6.07) is 24.9. The van der Waals surface area contributed by atoms with Gasteiger partial charge in [0, 0.05) is 16.9 Å². The normalized spacial score (nSPS) is 10.9. The Morgan fingerprint density at radius 2 is 1.50 bits per heavy atom. The summed E-state index contributed by atoms with van der Waals surface area (Å²) < 4.78 is 21.0. The number of ether oxygens (including phenoxy) is 1. The lowest BCUT2D eigenvalue weighted by Gasteiger charge is -2.16. The van der Waals surface area contributed by atoms with Crippen LogP contribution in [0.5, 0.6) is 0 Å². The minimum absolute atomic E-state index is 0.0769. The minimum atomic E-state index is -0.410. The van der Waals surface area contributed by atoms with Gasteiger partial charge in [-0.1, -0.05) is 62.4 Å². The molecule has 4 aromatic rings. The number of carbonyl (C=O) groups excluding carboxylic acids is 2. The van der Waals surface area contributed by atoms with E-state index in [2.05, 4.69) is 5.32 Å². The van der Waals surface area contributed by atoms with Crippen molar-refractivity contribution in [2.24, 2.45) is 0 Å². The largest absolute Gasteiger partial charge is 0.465 e. The molecule has 36 heavy (non-hydrogen) atoms. The summed E-state index contributed by atoms with van der Waals surface area (Å²) in [5, 5.41) is 3.01. The van der Waals surface area contributed by atoms with E-state index in [1.54, 1.807) is 19.1 Å². The number of benzene rings is 3. The Morgan fingerprint density at radius 3 is 2.08 bits per heavy atom. The third kappa shape index (κ3) is 5.23. The first-order valence-corrected chi connectivity index (χ1v) is 12.0. The van der Waals surface area contributed by atoms with Crippen LogP contribution in [-0.4, -0.2) is 23.1 Å². The molecule has 1 heterocycles. The molecule has 0 saturated carbocycles. The monoisotopic (exact) mass is 484 g/mol. The molecule has 6 heteroatoms. The molecule has 0 bridgehead atoms. The number of nitrogens with zero attached hydrogens (tertiary/aromatic N) is 1. The van der Waals surface area contributed by atoms with Crippen molar-refractivity contribution in [1.29, 1.82) is 0 Å². The van der Waals surface area contributed by atoms with Crippen LogP contribution in [0.25, 0.3) is 22.4 Å². The van der Waals surface area contributed by atoms with Crippen LogP contribution in [0.3, 0.4) is 0 Å². The van der Waals surface area contributed by atoms with E-state index < -0.39 is 5.97 Å². The highest BCUT2D eigenvalue weighted by Crippen LogP contribution is 2.42. The van der Waals surface area contributed by atoms with Crippen molar-refractivity contribution in [3.8, 4) is 22.4 Å². The van der Waals surface area contributed by atoms with Gasteiger partial charge in [-0.15, -0.1) is 0 Å². The highest BCUT2D eigenvalue weighted by Gasteiger charge is 2.31. The third-order valence-corrected chi connectivity index (χ3v) is 5.88. The highest BCUT2D eigenvalue weighted by molar-refractivity contribution is 6.12. The van der Waals surface area contributed by atoms with Gasteiger partial charge in [-0.05, 0) is 60.4 Å². The zero-order chi connectivity index (χ0) is 25.7. The van der Waals surface area contributed by atoms with Gasteiger partial charge in [-0.3, -0.25) is 9.59 Å². The molecule has 0 atom stereocenters. The number of nitrogens with one attached hydrogen (secondary N) is 1. The summed E-state index contributed by atoms with van der Waals surface area (Å²) in [4.78, 5) is 26.6. The summed E-state index contributed by atoms with van der Waals surface area (Å²) >= 11 is 0. The maximum atomic E-state index is 13.9. The molecule has 0 unspecified atom stereocenters. The van der Waals surface area contributed by atoms with Crippen LogP contribution in [0.15, 0.2) is 84.9 Å². The lowest BCUT2D eigenvalue weighted by atomic mass is 9.94. The van der Waals surface area contributed by atoms with E-state index in [0.29, 0.717) is 33.8 Å². The second-order valence-corrected chi connectivity index (χ2v) is 8.72. The van der Waals surface area contributed by atoms with Crippen LogP contribution in [0.4, 0.5) is 10.1 Å². The van der Waals surface area contributed by atoms with E-state index in [9.17, 15) is 14.0 Å². The zero-order valence-corrected chi connectivity index (χ0v) is 20.6.